The second-order valence-electron chi connectivity index (χ2n) is 4.32. The van der Waals surface area contributed by atoms with Crippen molar-refractivity contribution in [1.29, 1.82) is 0 Å². The molecule has 0 spiro atoms. The molecular weight excluding hydrogens is 250 g/mol. The molecule has 0 aliphatic carbocycles. The minimum absolute atomic E-state index is 0.433. The summed E-state index contributed by atoms with van der Waals surface area (Å²) < 4.78 is 0. The molecule has 1 saturated heterocycles. The largest absolute Gasteiger partial charge is 0.389 e. The average Bonchev–Trinajstić information content (AvgIpc) is 2.80. The summed E-state index contributed by atoms with van der Waals surface area (Å²) in [5.74, 6) is 3.30. The van der Waals surface area contributed by atoms with Gasteiger partial charge in [0.1, 0.15) is 10.8 Å². The molecule has 92 valence electrons. The fourth-order valence-electron chi connectivity index (χ4n) is 2.12. The first-order valence-corrected chi connectivity index (χ1v) is 7.23. The Balaban J connectivity index is 2.36. The van der Waals surface area contributed by atoms with Gasteiger partial charge in [0.15, 0.2) is 0 Å². The molecule has 1 aromatic rings. The molecule has 1 aliphatic heterocycles. The van der Waals surface area contributed by atoms with Crippen LogP contribution in [-0.4, -0.2) is 34.6 Å². The normalized spacial score (nSPS) is 19.3. The zero-order valence-electron chi connectivity index (χ0n) is 10.1. The second-order valence-corrected chi connectivity index (χ2v) is 5.91. The number of anilines is 1. The van der Waals surface area contributed by atoms with Crippen LogP contribution in [0.2, 0.25) is 0 Å². The van der Waals surface area contributed by atoms with Gasteiger partial charge < -0.3 is 10.6 Å². The third-order valence-corrected chi connectivity index (χ3v) is 4.52. The molecule has 1 atom stereocenters. The van der Waals surface area contributed by atoms with Gasteiger partial charge >= 0.3 is 0 Å². The van der Waals surface area contributed by atoms with Gasteiger partial charge in [-0.25, -0.2) is 4.98 Å². The summed E-state index contributed by atoms with van der Waals surface area (Å²) in [6.45, 7) is 2.02. The average molecular weight is 267 g/mol. The van der Waals surface area contributed by atoms with Crippen molar-refractivity contribution in [3.63, 3.8) is 0 Å². The molecule has 0 amide bonds. The predicted octanol–water partition coefficient (Wildman–Crippen LogP) is 1.97. The van der Waals surface area contributed by atoms with Crippen molar-refractivity contribution in [3.05, 3.63) is 23.4 Å². The number of thiocarbonyl (C=S) groups is 1. The summed E-state index contributed by atoms with van der Waals surface area (Å²) in [6.07, 6.45) is 3.03. The van der Waals surface area contributed by atoms with Crippen LogP contribution in [0.25, 0.3) is 0 Å². The van der Waals surface area contributed by atoms with Gasteiger partial charge in [0.05, 0.1) is 5.56 Å². The standard InChI is InChI=1S/C12H17N3S2/c1-8-3-5-14-12(10(8)11(13)16)15(2)9-4-6-17-7-9/h3,5,9H,4,6-7H2,1-2H3,(H2,13,16). The van der Waals surface area contributed by atoms with E-state index < -0.39 is 0 Å². The second kappa shape index (κ2) is 5.23. The highest BCUT2D eigenvalue weighted by Gasteiger charge is 2.24. The van der Waals surface area contributed by atoms with E-state index in [1.165, 1.54) is 12.2 Å². The van der Waals surface area contributed by atoms with E-state index in [9.17, 15) is 0 Å². The molecule has 3 nitrogen and oxygen atoms in total. The van der Waals surface area contributed by atoms with Gasteiger partial charge in [0.25, 0.3) is 0 Å². The molecular formula is C12H17N3S2. The first-order chi connectivity index (χ1) is 8.11. The SMILES string of the molecule is Cc1ccnc(N(C)C2CCSC2)c1C(N)=S. The minimum Gasteiger partial charge on any atom is -0.389 e. The Morgan fingerprint density at radius 3 is 3.00 bits per heavy atom. The van der Waals surface area contributed by atoms with Gasteiger partial charge in [-0.3, -0.25) is 0 Å². The Morgan fingerprint density at radius 2 is 2.41 bits per heavy atom. The Kier molecular flexibility index (Phi) is 3.89. The number of hydrogen-bond acceptors (Lipinski definition) is 4. The number of aryl methyl sites for hydroxylation is 1. The number of pyridine rings is 1. The smallest absolute Gasteiger partial charge is 0.139 e. The van der Waals surface area contributed by atoms with E-state index >= 15 is 0 Å². The fraction of sp³-hybridized carbons (Fsp3) is 0.500. The van der Waals surface area contributed by atoms with Crippen LogP contribution < -0.4 is 10.6 Å². The van der Waals surface area contributed by atoms with Crippen LogP contribution in [0, 0.1) is 6.92 Å². The van der Waals surface area contributed by atoms with Crippen LogP contribution in [0.15, 0.2) is 12.3 Å². The topological polar surface area (TPSA) is 42.2 Å². The molecule has 2 rings (SSSR count). The van der Waals surface area contributed by atoms with E-state index in [2.05, 4.69) is 16.9 Å². The van der Waals surface area contributed by atoms with Crippen molar-refractivity contribution < 1.29 is 0 Å². The van der Waals surface area contributed by atoms with Gasteiger partial charge in [-0.1, -0.05) is 12.2 Å². The van der Waals surface area contributed by atoms with E-state index in [0.717, 1.165) is 22.7 Å². The molecule has 0 bridgehead atoms. The van der Waals surface area contributed by atoms with Gasteiger partial charge in [0, 0.05) is 25.0 Å². The van der Waals surface area contributed by atoms with Crippen LogP contribution in [0.1, 0.15) is 17.5 Å². The Hall–Kier alpha value is -0.810. The zero-order chi connectivity index (χ0) is 12.4. The monoisotopic (exact) mass is 267 g/mol. The summed E-state index contributed by atoms with van der Waals surface area (Å²) >= 11 is 7.13. The van der Waals surface area contributed by atoms with E-state index in [0.29, 0.717) is 11.0 Å². The van der Waals surface area contributed by atoms with Crippen molar-refractivity contribution in [2.45, 2.75) is 19.4 Å². The van der Waals surface area contributed by atoms with Crippen molar-refractivity contribution in [2.24, 2.45) is 5.73 Å². The van der Waals surface area contributed by atoms with Crippen LogP contribution in [0.3, 0.4) is 0 Å². The minimum atomic E-state index is 0.433. The summed E-state index contributed by atoms with van der Waals surface area (Å²) in [6, 6.07) is 2.50. The maximum absolute atomic E-state index is 5.81. The molecule has 0 radical (unpaired) electrons. The molecule has 1 aliphatic rings. The number of rotatable bonds is 3. The lowest BCUT2D eigenvalue weighted by Gasteiger charge is -2.27. The summed E-state index contributed by atoms with van der Waals surface area (Å²) in [4.78, 5) is 7.11. The van der Waals surface area contributed by atoms with E-state index in [1.54, 1.807) is 0 Å². The van der Waals surface area contributed by atoms with E-state index in [4.69, 9.17) is 18.0 Å². The summed E-state index contributed by atoms with van der Waals surface area (Å²) in [7, 11) is 2.08. The third kappa shape index (κ3) is 2.55. The molecule has 0 saturated carbocycles. The van der Waals surface area contributed by atoms with Crippen LogP contribution in [0.5, 0.6) is 0 Å². The highest BCUT2D eigenvalue weighted by Crippen LogP contribution is 2.27. The van der Waals surface area contributed by atoms with Gasteiger partial charge in [0.2, 0.25) is 0 Å². The summed E-state index contributed by atoms with van der Waals surface area (Å²) in [5, 5.41) is 0. The van der Waals surface area contributed by atoms with Crippen LogP contribution >= 0.6 is 24.0 Å². The molecule has 5 heteroatoms. The van der Waals surface area contributed by atoms with Crippen LogP contribution in [-0.2, 0) is 0 Å². The van der Waals surface area contributed by atoms with E-state index in [-0.39, 0.29) is 0 Å². The molecule has 17 heavy (non-hydrogen) atoms. The number of nitrogens with two attached hydrogens (primary N) is 1. The first-order valence-electron chi connectivity index (χ1n) is 5.67. The Morgan fingerprint density at radius 1 is 1.65 bits per heavy atom. The van der Waals surface area contributed by atoms with Crippen molar-refractivity contribution in [2.75, 3.05) is 23.5 Å². The van der Waals surface area contributed by atoms with Crippen molar-refractivity contribution in [1.82, 2.24) is 4.98 Å². The maximum atomic E-state index is 5.81. The lowest BCUT2D eigenvalue weighted by Crippen LogP contribution is -2.34. The van der Waals surface area contributed by atoms with Gasteiger partial charge in [-0.15, -0.1) is 0 Å². The molecule has 2 heterocycles. The third-order valence-electron chi connectivity index (χ3n) is 3.17. The highest BCUT2D eigenvalue weighted by atomic mass is 32.2. The quantitative estimate of drug-likeness (QED) is 0.848. The zero-order valence-corrected chi connectivity index (χ0v) is 11.8. The Labute approximate surface area is 112 Å². The summed E-state index contributed by atoms with van der Waals surface area (Å²) in [5.41, 5.74) is 7.83. The van der Waals surface area contributed by atoms with Gasteiger partial charge in [-0.2, -0.15) is 11.8 Å². The number of nitrogens with zero attached hydrogens (tertiary/aromatic N) is 2. The number of thioether (sulfide) groups is 1. The molecule has 1 fully saturated rings. The molecule has 1 aromatic heterocycles. The maximum Gasteiger partial charge on any atom is 0.139 e. The number of hydrogen-bond donors (Lipinski definition) is 1. The fourth-order valence-corrected chi connectivity index (χ4v) is 3.64. The lowest BCUT2D eigenvalue weighted by molar-refractivity contribution is 0.691. The lowest BCUT2D eigenvalue weighted by atomic mass is 10.1. The Bertz CT molecular complexity index is 428. The van der Waals surface area contributed by atoms with Crippen molar-refractivity contribution in [3.8, 4) is 0 Å². The molecule has 1 unspecified atom stereocenters. The first kappa shape index (κ1) is 12.6. The molecule has 2 N–H and O–H groups in total. The van der Waals surface area contributed by atoms with Crippen molar-refractivity contribution >= 4 is 34.8 Å². The molecule has 0 aromatic carbocycles. The van der Waals surface area contributed by atoms with Crippen LogP contribution in [0.4, 0.5) is 5.82 Å². The van der Waals surface area contributed by atoms with Gasteiger partial charge in [-0.05, 0) is 30.7 Å². The predicted molar refractivity (Wildman–Crippen MR) is 79.0 cm³/mol. The highest BCUT2D eigenvalue weighted by molar-refractivity contribution is 7.99. The number of aromatic nitrogens is 1. The van der Waals surface area contributed by atoms with E-state index in [1.807, 2.05) is 30.9 Å².